The molecule has 0 unspecified atom stereocenters. The molecule has 1 aromatic carbocycles. The summed E-state index contributed by atoms with van der Waals surface area (Å²) in [6, 6.07) is 9.25. The van der Waals surface area contributed by atoms with Crippen LogP contribution < -0.4 is 4.72 Å². The smallest absolute Gasteiger partial charge is 0.206 e. The van der Waals surface area contributed by atoms with E-state index in [1.165, 1.54) is 18.2 Å². The minimum Gasteiger partial charge on any atom is -0.206 e. The number of thiophene rings is 1. The first-order chi connectivity index (χ1) is 9.09. The molecule has 0 saturated heterocycles. The molecular weight excluding hydrogens is 285 g/mol. The predicted octanol–water partition coefficient (Wildman–Crippen LogP) is 2.22. The molecule has 2 aromatic rings. The van der Waals surface area contributed by atoms with E-state index in [0.29, 0.717) is 0 Å². The Morgan fingerprint density at radius 1 is 1.21 bits per heavy atom. The molecule has 98 valence electrons. The largest absolute Gasteiger partial charge is 0.250 e. The van der Waals surface area contributed by atoms with E-state index in [0.717, 1.165) is 11.3 Å². The third kappa shape index (κ3) is 3.64. The van der Waals surface area contributed by atoms with Crippen LogP contribution in [-0.2, 0) is 10.0 Å². The Morgan fingerprint density at radius 3 is 2.68 bits per heavy atom. The fourth-order valence-corrected chi connectivity index (χ4v) is 3.28. The second-order valence-electron chi connectivity index (χ2n) is 3.54. The van der Waals surface area contributed by atoms with Crippen molar-refractivity contribution in [3.63, 3.8) is 0 Å². The van der Waals surface area contributed by atoms with Gasteiger partial charge in [-0.15, -0.1) is 11.3 Å². The summed E-state index contributed by atoms with van der Waals surface area (Å²) in [5.74, 6) is 4.75. The van der Waals surface area contributed by atoms with Crippen LogP contribution in [0.5, 0.6) is 0 Å². The molecule has 1 N–H and O–H groups in total. The second-order valence-corrected chi connectivity index (χ2v) is 6.48. The maximum atomic E-state index is 13.2. The van der Waals surface area contributed by atoms with Crippen LogP contribution in [0.25, 0.3) is 0 Å². The van der Waals surface area contributed by atoms with Gasteiger partial charge in [0.2, 0.25) is 0 Å². The van der Waals surface area contributed by atoms with Crippen molar-refractivity contribution in [3.05, 3.63) is 53.2 Å². The summed E-state index contributed by atoms with van der Waals surface area (Å²) in [7, 11) is -3.51. The van der Waals surface area contributed by atoms with E-state index in [1.807, 2.05) is 0 Å². The van der Waals surface area contributed by atoms with Gasteiger partial charge in [-0.2, -0.15) is 4.72 Å². The summed E-state index contributed by atoms with van der Waals surface area (Å²) in [5, 5.41) is 1.68. The molecule has 0 bridgehead atoms. The van der Waals surface area contributed by atoms with Gasteiger partial charge in [-0.3, -0.25) is 0 Å². The molecule has 6 heteroatoms. The maximum Gasteiger partial charge on any atom is 0.250 e. The molecule has 2 rings (SSSR count). The fraction of sp³-hybridized carbons (Fsp3) is 0.0769. The van der Waals surface area contributed by atoms with Crippen LogP contribution >= 0.6 is 11.3 Å². The van der Waals surface area contributed by atoms with Crippen LogP contribution in [0.1, 0.15) is 5.56 Å². The lowest BCUT2D eigenvalue weighted by Gasteiger charge is -1.99. The fourth-order valence-electron chi connectivity index (χ4n) is 1.32. The molecule has 0 spiro atoms. The Hall–Kier alpha value is -1.68. The van der Waals surface area contributed by atoms with Crippen molar-refractivity contribution in [2.24, 2.45) is 0 Å². The van der Waals surface area contributed by atoms with E-state index >= 15 is 0 Å². The minimum atomic E-state index is -3.51. The highest BCUT2D eigenvalue weighted by atomic mass is 32.2. The van der Waals surface area contributed by atoms with E-state index < -0.39 is 15.8 Å². The SMILES string of the molecule is O=S(=O)(NCC#Cc1ccccc1F)c1cccs1. The zero-order chi connectivity index (χ0) is 13.7. The number of rotatable bonds is 3. The topological polar surface area (TPSA) is 46.2 Å². The third-order valence-corrected chi connectivity index (χ3v) is 5.01. The van der Waals surface area contributed by atoms with Crippen molar-refractivity contribution < 1.29 is 12.8 Å². The van der Waals surface area contributed by atoms with Gasteiger partial charge in [-0.25, -0.2) is 12.8 Å². The molecule has 0 saturated carbocycles. The number of nitrogens with one attached hydrogen (secondary N) is 1. The Labute approximate surface area is 115 Å². The van der Waals surface area contributed by atoms with E-state index in [1.54, 1.807) is 23.6 Å². The first-order valence-electron chi connectivity index (χ1n) is 5.36. The zero-order valence-electron chi connectivity index (χ0n) is 9.76. The monoisotopic (exact) mass is 295 g/mol. The average Bonchev–Trinajstić information content (AvgIpc) is 2.91. The van der Waals surface area contributed by atoms with Crippen LogP contribution in [-0.4, -0.2) is 15.0 Å². The molecule has 19 heavy (non-hydrogen) atoms. The summed E-state index contributed by atoms with van der Waals surface area (Å²) in [4.78, 5) is 0. The summed E-state index contributed by atoms with van der Waals surface area (Å²) in [5.41, 5.74) is 0.248. The number of halogens is 1. The Balaban J connectivity index is 2.01. The Kier molecular flexibility index (Phi) is 4.32. The second kappa shape index (κ2) is 5.97. The molecule has 0 radical (unpaired) electrons. The summed E-state index contributed by atoms with van der Waals surface area (Å²) >= 11 is 1.13. The molecule has 0 amide bonds. The standard InChI is InChI=1S/C13H10FNO2S2/c14-12-7-2-1-5-11(12)6-3-9-15-19(16,17)13-8-4-10-18-13/h1-2,4-5,7-8,10,15H,9H2. The Bertz CT molecular complexity index is 713. The van der Waals surface area contributed by atoms with Crippen molar-refractivity contribution in [1.29, 1.82) is 0 Å². The van der Waals surface area contributed by atoms with Crippen molar-refractivity contribution in [2.75, 3.05) is 6.54 Å². The Morgan fingerprint density at radius 2 is 2.00 bits per heavy atom. The molecule has 0 atom stereocenters. The lowest BCUT2D eigenvalue weighted by Crippen LogP contribution is -2.23. The van der Waals surface area contributed by atoms with Gasteiger partial charge in [0.1, 0.15) is 10.0 Å². The van der Waals surface area contributed by atoms with Crippen molar-refractivity contribution in [1.82, 2.24) is 4.72 Å². The maximum absolute atomic E-state index is 13.2. The van der Waals surface area contributed by atoms with Gasteiger partial charge in [-0.05, 0) is 23.6 Å². The van der Waals surface area contributed by atoms with E-state index in [2.05, 4.69) is 16.6 Å². The lowest BCUT2D eigenvalue weighted by atomic mass is 10.2. The van der Waals surface area contributed by atoms with Gasteiger partial charge < -0.3 is 0 Å². The van der Waals surface area contributed by atoms with Gasteiger partial charge in [0.25, 0.3) is 10.0 Å². The number of hydrogen-bond acceptors (Lipinski definition) is 3. The highest BCUT2D eigenvalue weighted by molar-refractivity contribution is 7.91. The predicted molar refractivity (Wildman–Crippen MR) is 72.8 cm³/mol. The van der Waals surface area contributed by atoms with E-state index in [4.69, 9.17) is 0 Å². The molecule has 0 aliphatic rings. The normalized spacial score (nSPS) is 10.8. The van der Waals surface area contributed by atoms with Crippen LogP contribution in [0.4, 0.5) is 4.39 Å². The van der Waals surface area contributed by atoms with Crippen LogP contribution in [0.3, 0.4) is 0 Å². The van der Waals surface area contributed by atoms with E-state index in [-0.39, 0.29) is 16.3 Å². The van der Waals surface area contributed by atoms with Crippen LogP contribution in [0, 0.1) is 17.7 Å². The molecule has 3 nitrogen and oxygen atoms in total. The summed E-state index contributed by atoms with van der Waals surface area (Å²) in [6.07, 6.45) is 0. The van der Waals surface area contributed by atoms with Crippen LogP contribution in [0.2, 0.25) is 0 Å². The minimum absolute atomic E-state index is 0.0609. The quantitative estimate of drug-likeness (QED) is 0.883. The highest BCUT2D eigenvalue weighted by Crippen LogP contribution is 2.14. The van der Waals surface area contributed by atoms with Crippen LogP contribution in [0.15, 0.2) is 46.0 Å². The van der Waals surface area contributed by atoms with E-state index in [9.17, 15) is 12.8 Å². The molecule has 0 aliphatic carbocycles. The first kappa shape index (κ1) is 13.7. The zero-order valence-corrected chi connectivity index (χ0v) is 11.4. The average molecular weight is 295 g/mol. The number of hydrogen-bond donors (Lipinski definition) is 1. The summed E-state index contributed by atoms with van der Waals surface area (Å²) < 4.78 is 39.3. The van der Waals surface area contributed by atoms with Gasteiger partial charge in [-0.1, -0.05) is 30.0 Å². The van der Waals surface area contributed by atoms with Crippen molar-refractivity contribution in [2.45, 2.75) is 4.21 Å². The van der Waals surface area contributed by atoms with Crippen molar-refractivity contribution >= 4 is 21.4 Å². The van der Waals surface area contributed by atoms with Gasteiger partial charge in [0.05, 0.1) is 12.1 Å². The molecule has 1 aromatic heterocycles. The number of benzene rings is 1. The van der Waals surface area contributed by atoms with Gasteiger partial charge >= 0.3 is 0 Å². The summed E-state index contributed by atoms with van der Waals surface area (Å²) in [6.45, 7) is -0.0609. The first-order valence-corrected chi connectivity index (χ1v) is 7.72. The highest BCUT2D eigenvalue weighted by Gasteiger charge is 2.12. The molecule has 0 fully saturated rings. The third-order valence-electron chi connectivity index (χ3n) is 2.21. The molecule has 0 aliphatic heterocycles. The van der Waals surface area contributed by atoms with Gasteiger partial charge in [0.15, 0.2) is 0 Å². The van der Waals surface area contributed by atoms with Crippen molar-refractivity contribution in [3.8, 4) is 11.8 Å². The molecular formula is C13H10FNO2S2. The van der Waals surface area contributed by atoms with Gasteiger partial charge in [0, 0.05) is 0 Å². The molecule has 1 heterocycles. The number of sulfonamides is 1. The lowest BCUT2D eigenvalue weighted by molar-refractivity contribution is 0.588.